The molecule has 0 radical (unpaired) electrons. The molecule has 3 heteroatoms. The summed E-state index contributed by atoms with van der Waals surface area (Å²) in [7, 11) is 2.03. The Labute approximate surface area is 85.5 Å². The van der Waals surface area contributed by atoms with Crippen LogP contribution in [-0.4, -0.2) is 4.57 Å². The van der Waals surface area contributed by atoms with E-state index in [-0.39, 0.29) is 0 Å². The summed E-state index contributed by atoms with van der Waals surface area (Å²) in [6.07, 6.45) is 0. The normalized spacial score (nSPS) is 11.0. The minimum Gasteiger partial charge on any atom is -0.338 e. The number of hydrogen-bond donors (Lipinski definition) is 1. The summed E-state index contributed by atoms with van der Waals surface area (Å²) < 4.78 is 3.19. The van der Waals surface area contributed by atoms with Crippen molar-refractivity contribution in [3.8, 4) is 0 Å². The number of nitrogens with two attached hydrogens (primary N) is 1. The molecule has 0 unspecified atom stereocenters. The van der Waals surface area contributed by atoms with Crippen molar-refractivity contribution in [3.63, 3.8) is 0 Å². The third-order valence-electron chi connectivity index (χ3n) is 2.34. The van der Waals surface area contributed by atoms with Crippen molar-refractivity contribution < 1.29 is 0 Å². The molecule has 0 spiro atoms. The number of hydrogen-bond acceptors (Lipinski definition) is 1. The van der Waals surface area contributed by atoms with Crippen LogP contribution in [0.4, 0.5) is 0 Å². The molecule has 0 aliphatic heterocycles. The molecule has 0 atom stereocenters. The van der Waals surface area contributed by atoms with Gasteiger partial charge in [-0.2, -0.15) is 0 Å². The highest BCUT2D eigenvalue weighted by Gasteiger charge is 2.05. The van der Waals surface area contributed by atoms with Gasteiger partial charge in [-0.1, -0.05) is 12.1 Å². The standard InChI is InChI=1S/C10H11BrN2/c1-13-9-4-2-3-7(6-12)8(9)5-10(13)11/h2-5H,6,12H2,1H3. The maximum atomic E-state index is 5.65. The van der Waals surface area contributed by atoms with E-state index in [2.05, 4.69) is 38.7 Å². The zero-order valence-electron chi connectivity index (χ0n) is 7.42. The topological polar surface area (TPSA) is 30.9 Å². The highest BCUT2D eigenvalue weighted by molar-refractivity contribution is 9.10. The zero-order valence-corrected chi connectivity index (χ0v) is 9.01. The van der Waals surface area contributed by atoms with Crippen LogP contribution in [0.25, 0.3) is 10.9 Å². The molecule has 13 heavy (non-hydrogen) atoms. The molecular weight excluding hydrogens is 228 g/mol. The molecule has 2 nitrogen and oxygen atoms in total. The molecule has 0 amide bonds. The van der Waals surface area contributed by atoms with Gasteiger partial charge in [0.15, 0.2) is 0 Å². The van der Waals surface area contributed by atoms with Crippen LogP contribution in [0.2, 0.25) is 0 Å². The van der Waals surface area contributed by atoms with Gasteiger partial charge in [-0.25, -0.2) is 0 Å². The first-order valence-electron chi connectivity index (χ1n) is 4.17. The van der Waals surface area contributed by atoms with E-state index < -0.39 is 0 Å². The molecule has 2 rings (SSSR count). The predicted molar refractivity (Wildman–Crippen MR) is 58.5 cm³/mol. The Balaban J connectivity index is 2.84. The molecule has 0 saturated heterocycles. The van der Waals surface area contributed by atoms with E-state index in [0.717, 1.165) is 4.60 Å². The van der Waals surface area contributed by atoms with E-state index in [9.17, 15) is 0 Å². The summed E-state index contributed by atoms with van der Waals surface area (Å²) in [5.74, 6) is 0. The third kappa shape index (κ3) is 1.28. The molecule has 2 aromatic rings. The number of fused-ring (bicyclic) bond motifs is 1. The van der Waals surface area contributed by atoms with Gasteiger partial charge in [-0.3, -0.25) is 0 Å². The van der Waals surface area contributed by atoms with Gasteiger partial charge in [0, 0.05) is 24.5 Å². The second-order valence-corrected chi connectivity index (χ2v) is 3.89. The molecular formula is C10H11BrN2. The van der Waals surface area contributed by atoms with Crippen LogP contribution in [0.1, 0.15) is 5.56 Å². The Hall–Kier alpha value is -0.800. The largest absolute Gasteiger partial charge is 0.338 e. The predicted octanol–water partition coefficient (Wildman–Crippen LogP) is 2.40. The lowest BCUT2D eigenvalue weighted by molar-refractivity contribution is 0.940. The highest BCUT2D eigenvalue weighted by atomic mass is 79.9. The van der Waals surface area contributed by atoms with E-state index in [0.29, 0.717) is 6.54 Å². The lowest BCUT2D eigenvalue weighted by atomic mass is 10.1. The van der Waals surface area contributed by atoms with E-state index in [4.69, 9.17) is 5.73 Å². The van der Waals surface area contributed by atoms with Crippen molar-refractivity contribution in [2.24, 2.45) is 12.8 Å². The molecule has 68 valence electrons. The van der Waals surface area contributed by atoms with E-state index >= 15 is 0 Å². The Morgan fingerprint density at radius 3 is 2.92 bits per heavy atom. The molecule has 1 aromatic carbocycles. The first-order chi connectivity index (χ1) is 6.24. The van der Waals surface area contributed by atoms with Crippen molar-refractivity contribution in [2.45, 2.75) is 6.54 Å². The highest BCUT2D eigenvalue weighted by Crippen LogP contribution is 2.25. The number of aromatic nitrogens is 1. The first-order valence-corrected chi connectivity index (χ1v) is 4.96. The van der Waals surface area contributed by atoms with Crippen LogP contribution in [0.5, 0.6) is 0 Å². The number of benzene rings is 1. The van der Waals surface area contributed by atoms with Gasteiger partial charge in [0.2, 0.25) is 0 Å². The van der Waals surface area contributed by atoms with Crippen molar-refractivity contribution in [2.75, 3.05) is 0 Å². The van der Waals surface area contributed by atoms with Gasteiger partial charge in [-0.05, 0) is 33.6 Å². The van der Waals surface area contributed by atoms with Gasteiger partial charge in [0.05, 0.1) is 4.60 Å². The summed E-state index contributed by atoms with van der Waals surface area (Å²) in [4.78, 5) is 0. The van der Waals surface area contributed by atoms with Gasteiger partial charge in [0.25, 0.3) is 0 Å². The molecule has 0 aliphatic rings. The fourth-order valence-electron chi connectivity index (χ4n) is 1.57. The fraction of sp³-hybridized carbons (Fsp3) is 0.200. The number of aryl methyl sites for hydroxylation is 1. The van der Waals surface area contributed by atoms with Crippen molar-refractivity contribution in [1.29, 1.82) is 0 Å². The molecule has 1 aromatic heterocycles. The number of halogens is 1. The minimum atomic E-state index is 0.591. The number of nitrogens with zero attached hydrogens (tertiary/aromatic N) is 1. The summed E-state index contributed by atoms with van der Waals surface area (Å²) in [5, 5.41) is 1.24. The smallest absolute Gasteiger partial charge is 0.0854 e. The average Bonchev–Trinajstić information content (AvgIpc) is 2.43. The first kappa shape index (κ1) is 8.78. The Kier molecular flexibility index (Phi) is 2.14. The number of rotatable bonds is 1. The van der Waals surface area contributed by atoms with Crippen molar-refractivity contribution in [1.82, 2.24) is 4.57 Å². The second kappa shape index (κ2) is 3.16. The Bertz CT molecular complexity index is 445. The molecule has 0 saturated carbocycles. The van der Waals surface area contributed by atoms with Crippen LogP contribution >= 0.6 is 15.9 Å². The van der Waals surface area contributed by atoms with Crippen LogP contribution in [0, 0.1) is 0 Å². The minimum absolute atomic E-state index is 0.591. The molecule has 0 aliphatic carbocycles. The summed E-state index contributed by atoms with van der Waals surface area (Å²) >= 11 is 3.49. The second-order valence-electron chi connectivity index (χ2n) is 3.08. The quantitative estimate of drug-likeness (QED) is 0.813. The van der Waals surface area contributed by atoms with Gasteiger partial charge in [0.1, 0.15) is 0 Å². The van der Waals surface area contributed by atoms with Gasteiger partial charge >= 0.3 is 0 Å². The SMILES string of the molecule is Cn1c(Br)cc2c(CN)cccc21. The van der Waals surface area contributed by atoms with E-state index in [1.54, 1.807) is 0 Å². The van der Waals surface area contributed by atoms with Gasteiger partial charge in [-0.15, -0.1) is 0 Å². The summed E-state index contributed by atoms with van der Waals surface area (Å²) in [5.41, 5.74) is 8.06. The Morgan fingerprint density at radius 1 is 1.46 bits per heavy atom. The maximum absolute atomic E-state index is 5.65. The zero-order chi connectivity index (χ0) is 9.42. The lowest BCUT2D eigenvalue weighted by Crippen LogP contribution is -1.96. The van der Waals surface area contributed by atoms with Gasteiger partial charge < -0.3 is 10.3 Å². The maximum Gasteiger partial charge on any atom is 0.0854 e. The fourth-order valence-corrected chi connectivity index (χ4v) is 1.99. The average molecular weight is 239 g/mol. The van der Waals surface area contributed by atoms with Crippen LogP contribution in [0.3, 0.4) is 0 Å². The van der Waals surface area contributed by atoms with Crippen LogP contribution in [-0.2, 0) is 13.6 Å². The van der Waals surface area contributed by atoms with Crippen molar-refractivity contribution >= 4 is 26.8 Å². The monoisotopic (exact) mass is 238 g/mol. The third-order valence-corrected chi connectivity index (χ3v) is 3.10. The van der Waals surface area contributed by atoms with Crippen molar-refractivity contribution in [3.05, 3.63) is 34.4 Å². The molecule has 1 heterocycles. The molecule has 2 N–H and O–H groups in total. The van der Waals surface area contributed by atoms with Crippen LogP contribution in [0.15, 0.2) is 28.9 Å². The van der Waals surface area contributed by atoms with Crippen LogP contribution < -0.4 is 5.73 Å². The summed E-state index contributed by atoms with van der Waals surface area (Å²) in [6.45, 7) is 0.591. The van der Waals surface area contributed by atoms with E-state index in [1.165, 1.54) is 16.5 Å². The molecule has 0 bridgehead atoms. The summed E-state index contributed by atoms with van der Waals surface area (Å²) in [6, 6.07) is 8.31. The van der Waals surface area contributed by atoms with E-state index in [1.807, 2.05) is 13.1 Å². The molecule has 0 fully saturated rings. The Morgan fingerprint density at radius 2 is 2.23 bits per heavy atom. The lowest BCUT2D eigenvalue weighted by Gasteiger charge is -2.00.